The number of benzene rings is 3. The van der Waals surface area contributed by atoms with E-state index in [1.807, 2.05) is 19.1 Å². The van der Waals surface area contributed by atoms with E-state index >= 15 is 0 Å². The van der Waals surface area contributed by atoms with E-state index in [-0.39, 0.29) is 16.6 Å². The monoisotopic (exact) mass is 523 g/mol. The fourth-order valence-electron chi connectivity index (χ4n) is 4.63. The molecule has 9 heteroatoms. The molecule has 1 aliphatic carbocycles. The Morgan fingerprint density at radius 3 is 2.32 bits per heavy atom. The number of hydrogen-bond donors (Lipinski definition) is 2. The number of halogens is 1. The maximum atomic E-state index is 14.3. The van der Waals surface area contributed by atoms with Gasteiger partial charge in [0.05, 0.1) is 11.4 Å². The van der Waals surface area contributed by atoms with Crippen molar-refractivity contribution in [2.75, 3.05) is 11.4 Å². The van der Waals surface area contributed by atoms with Crippen molar-refractivity contribution in [1.82, 2.24) is 10.0 Å². The molecule has 0 saturated heterocycles. The van der Waals surface area contributed by atoms with E-state index in [0.29, 0.717) is 5.56 Å². The molecule has 1 saturated carbocycles. The van der Waals surface area contributed by atoms with Crippen LogP contribution in [-0.2, 0) is 19.6 Å². The molecule has 1 unspecified atom stereocenters. The van der Waals surface area contributed by atoms with Crippen molar-refractivity contribution in [3.05, 3.63) is 95.8 Å². The van der Waals surface area contributed by atoms with Gasteiger partial charge in [-0.05, 0) is 61.2 Å². The lowest BCUT2D eigenvalue weighted by atomic mass is 9.97. The molecule has 1 atom stereocenters. The summed E-state index contributed by atoms with van der Waals surface area (Å²) in [6.45, 7) is 1.21. The van der Waals surface area contributed by atoms with E-state index in [4.69, 9.17) is 0 Å². The van der Waals surface area contributed by atoms with Crippen LogP contribution in [0.5, 0.6) is 0 Å². The van der Waals surface area contributed by atoms with Crippen LogP contribution in [0.4, 0.5) is 10.1 Å². The summed E-state index contributed by atoms with van der Waals surface area (Å²) in [7, 11) is -3.99. The number of anilines is 1. The van der Waals surface area contributed by atoms with Gasteiger partial charge < -0.3 is 5.32 Å². The van der Waals surface area contributed by atoms with Gasteiger partial charge >= 0.3 is 0 Å². The molecular formula is C28H30FN3O4S. The lowest BCUT2D eigenvalue weighted by Gasteiger charge is -2.33. The third kappa shape index (κ3) is 6.42. The molecule has 3 aromatic rings. The van der Waals surface area contributed by atoms with Gasteiger partial charge in [-0.25, -0.2) is 17.5 Å². The summed E-state index contributed by atoms with van der Waals surface area (Å²) in [5.41, 5.74) is 1.49. The SMILES string of the molecule is Cc1ccccc1C(C(=O)NC1CCCC1)N(C(=O)CNS(=O)(=O)c1ccccc1)c1cccc(F)c1. The van der Waals surface area contributed by atoms with Crippen LogP contribution in [0.3, 0.4) is 0 Å². The number of rotatable bonds is 9. The maximum Gasteiger partial charge on any atom is 0.248 e. The molecule has 0 aromatic heterocycles. The molecule has 7 nitrogen and oxygen atoms in total. The quantitative estimate of drug-likeness (QED) is 0.439. The summed E-state index contributed by atoms with van der Waals surface area (Å²) in [5, 5.41) is 3.06. The Morgan fingerprint density at radius 1 is 0.973 bits per heavy atom. The van der Waals surface area contributed by atoms with Crippen LogP contribution in [0.1, 0.15) is 42.9 Å². The van der Waals surface area contributed by atoms with E-state index < -0.39 is 40.2 Å². The number of aryl methyl sites for hydroxylation is 1. The number of carbonyl (C=O) groups is 2. The molecule has 2 N–H and O–H groups in total. The average molecular weight is 524 g/mol. The van der Waals surface area contributed by atoms with Crippen LogP contribution in [0.15, 0.2) is 83.8 Å². The Morgan fingerprint density at radius 2 is 1.65 bits per heavy atom. The summed E-state index contributed by atoms with van der Waals surface area (Å²) in [5.74, 6) is -1.68. The summed E-state index contributed by atoms with van der Waals surface area (Å²) < 4.78 is 42.2. The van der Waals surface area contributed by atoms with Gasteiger partial charge in [-0.15, -0.1) is 0 Å². The number of nitrogens with zero attached hydrogens (tertiary/aromatic N) is 1. The maximum absolute atomic E-state index is 14.3. The molecule has 0 radical (unpaired) electrons. The Labute approximate surface area is 216 Å². The summed E-state index contributed by atoms with van der Waals surface area (Å²) in [6.07, 6.45) is 3.70. The van der Waals surface area contributed by atoms with Gasteiger partial charge in [0.25, 0.3) is 0 Å². The van der Waals surface area contributed by atoms with Crippen molar-refractivity contribution in [2.45, 2.75) is 49.6 Å². The molecular weight excluding hydrogens is 493 g/mol. The number of amides is 2. The van der Waals surface area contributed by atoms with E-state index in [2.05, 4.69) is 10.0 Å². The van der Waals surface area contributed by atoms with Gasteiger partial charge in [-0.2, -0.15) is 0 Å². The van der Waals surface area contributed by atoms with Crippen molar-refractivity contribution < 1.29 is 22.4 Å². The van der Waals surface area contributed by atoms with Crippen molar-refractivity contribution >= 4 is 27.5 Å². The lowest BCUT2D eigenvalue weighted by molar-refractivity contribution is -0.126. The number of hydrogen-bond acceptors (Lipinski definition) is 4. The third-order valence-electron chi connectivity index (χ3n) is 6.51. The highest BCUT2D eigenvalue weighted by atomic mass is 32.2. The summed E-state index contributed by atoms with van der Waals surface area (Å²) >= 11 is 0. The minimum Gasteiger partial charge on any atom is -0.351 e. The second-order valence-corrected chi connectivity index (χ2v) is 10.9. The fourth-order valence-corrected chi connectivity index (χ4v) is 5.62. The molecule has 2 amide bonds. The zero-order chi connectivity index (χ0) is 26.4. The standard InChI is InChI=1S/C28H30FN3O4S/c1-20-10-5-8-17-25(20)27(28(34)31-22-12-6-7-13-22)32(23-14-9-11-21(29)18-23)26(33)19-30-37(35,36)24-15-3-2-4-16-24/h2-5,8-11,14-18,22,27,30H,6-7,12-13,19H2,1H3,(H,31,34). The Bertz CT molecular complexity index is 1360. The largest absolute Gasteiger partial charge is 0.351 e. The Kier molecular flexibility index (Phi) is 8.35. The van der Waals surface area contributed by atoms with Crippen LogP contribution in [-0.4, -0.2) is 32.8 Å². The molecule has 0 bridgehead atoms. The van der Waals surface area contributed by atoms with E-state index in [9.17, 15) is 22.4 Å². The number of nitrogens with one attached hydrogen (secondary N) is 2. The van der Waals surface area contributed by atoms with Crippen LogP contribution in [0, 0.1) is 12.7 Å². The summed E-state index contributed by atoms with van der Waals surface area (Å²) in [4.78, 5) is 28.6. The van der Waals surface area contributed by atoms with E-state index in [0.717, 1.165) is 37.3 Å². The van der Waals surface area contributed by atoms with Crippen molar-refractivity contribution in [1.29, 1.82) is 0 Å². The van der Waals surface area contributed by atoms with E-state index in [1.165, 1.54) is 35.2 Å². The van der Waals surface area contributed by atoms with Gasteiger partial charge in [0.15, 0.2) is 0 Å². The minimum atomic E-state index is -3.99. The molecule has 3 aromatic carbocycles. The number of carbonyl (C=O) groups excluding carboxylic acids is 2. The predicted molar refractivity (Wildman–Crippen MR) is 140 cm³/mol. The second-order valence-electron chi connectivity index (χ2n) is 9.13. The first kappa shape index (κ1) is 26.5. The predicted octanol–water partition coefficient (Wildman–Crippen LogP) is 4.25. The molecule has 0 spiro atoms. The highest BCUT2D eigenvalue weighted by Crippen LogP contribution is 2.31. The lowest BCUT2D eigenvalue weighted by Crippen LogP contribution is -2.49. The van der Waals surface area contributed by atoms with Gasteiger partial charge in [0, 0.05) is 11.7 Å². The van der Waals surface area contributed by atoms with Crippen molar-refractivity contribution in [3.63, 3.8) is 0 Å². The van der Waals surface area contributed by atoms with Crippen LogP contribution in [0.25, 0.3) is 0 Å². The molecule has 0 aliphatic heterocycles. The normalized spacial score (nSPS) is 14.8. The molecule has 4 rings (SSSR count). The van der Waals surface area contributed by atoms with E-state index in [1.54, 1.807) is 30.3 Å². The first-order valence-electron chi connectivity index (χ1n) is 12.2. The van der Waals surface area contributed by atoms with Gasteiger partial charge in [0.2, 0.25) is 21.8 Å². The first-order valence-corrected chi connectivity index (χ1v) is 13.7. The molecule has 194 valence electrons. The van der Waals surface area contributed by atoms with Gasteiger partial charge in [-0.1, -0.05) is 61.4 Å². The third-order valence-corrected chi connectivity index (χ3v) is 7.93. The smallest absolute Gasteiger partial charge is 0.248 e. The van der Waals surface area contributed by atoms with Crippen LogP contribution >= 0.6 is 0 Å². The van der Waals surface area contributed by atoms with Gasteiger partial charge in [0.1, 0.15) is 11.9 Å². The average Bonchev–Trinajstić information content (AvgIpc) is 3.40. The van der Waals surface area contributed by atoms with Crippen LogP contribution < -0.4 is 14.9 Å². The van der Waals surface area contributed by atoms with Crippen molar-refractivity contribution in [3.8, 4) is 0 Å². The highest BCUT2D eigenvalue weighted by Gasteiger charge is 2.35. The summed E-state index contributed by atoms with van der Waals surface area (Å²) in [6, 6.07) is 19.1. The molecule has 1 aliphatic rings. The molecule has 37 heavy (non-hydrogen) atoms. The fraction of sp³-hybridized carbons (Fsp3) is 0.286. The number of sulfonamides is 1. The highest BCUT2D eigenvalue weighted by molar-refractivity contribution is 7.89. The Balaban J connectivity index is 1.72. The van der Waals surface area contributed by atoms with Crippen molar-refractivity contribution in [2.24, 2.45) is 0 Å². The van der Waals surface area contributed by atoms with Gasteiger partial charge in [-0.3, -0.25) is 14.5 Å². The Hall–Kier alpha value is -3.56. The second kappa shape index (κ2) is 11.7. The molecule has 1 fully saturated rings. The van der Waals surface area contributed by atoms with Crippen LogP contribution in [0.2, 0.25) is 0 Å². The molecule has 0 heterocycles. The first-order chi connectivity index (χ1) is 17.8. The zero-order valence-electron chi connectivity index (χ0n) is 20.6. The topological polar surface area (TPSA) is 95.6 Å². The minimum absolute atomic E-state index is 0.00883. The zero-order valence-corrected chi connectivity index (χ0v) is 21.4.